The highest BCUT2D eigenvalue weighted by Crippen LogP contribution is 2.25. The number of amides is 3. The van der Waals surface area contributed by atoms with Gasteiger partial charge in [0.15, 0.2) is 11.6 Å². The average molecular weight is 472 g/mol. The molecule has 34 heavy (non-hydrogen) atoms. The fraction of sp³-hybridized carbons (Fsp3) is 0.423. The molecule has 3 rings (SSSR count). The van der Waals surface area contributed by atoms with E-state index in [1.54, 1.807) is 0 Å². The Bertz CT molecular complexity index is 1010. The zero-order valence-electron chi connectivity index (χ0n) is 19.5. The van der Waals surface area contributed by atoms with E-state index in [1.807, 2.05) is 44.2 Å². The zero-order chi connectivity index (χ0) is 24.7. The predicted molar refractivity (Wildman–Crippen MR) is 124 cm³/mol. The molecule has 1 unspecified atom stereocenters. The van der Waals surface area contributed by atoms with Gasteiger partial charge >= 0.3 is 0 Å². The van der Waals surface area contributed by atoms with Gasteiger partial charge in [-0.15, -0.1) is 0 Å². The first kappa shape index (κ1) is 25.3. The molecule has 0 spiro atoms. The smallest absolute Gasteiger partial charge is 0.242 e. The molecule has 1 saturated heterocycles. The van der Waals surface area contributed by atoms with Crippen molar-refractivity contribution in [2.24, 2.45) is 5.92 Å². The van der Waals surface area contributed by atoms with Crippen molar-refractivity contribution in [1.29, 1.82) is 0 Å². The standard InChI is InChI=1S/C26H31F2N3O3/c1-17(2)25(26(34)29-14-13-18-7-4-3-5-8-18)30-22(32)15-20-11-12-23(33)31(20)16-19-9-6-10-21(27)24(19)28/h3-10,17,20,25H,11-16H2,1-2H3,(H,29,34)(H,30,32)/t20-,25?/m0/s1. The summed E-state index contributed by atoms with van der Waals surface area (Å²) in [7, 11) is 0. The molecule has 8 heteroatoms. The minimum absolute atomic E-state index is 0.0107. The van der Waals surface area contributed by atoms with Crippen molar-refractivity contribution in [3.63, 3.8) is 0 Å². The lowest BCUT2D eigenvalue weighted by molar-refractivity contribution is -0.132. The number of rotatable bonds is 10. The van der Waals surface area contributed by atoms with Gasteiger partial charge in [-0.25, -0.2) is 8.78 Å². The summed E-state index contributed by atoms with van der Waals surface area (Å²) in [4.78, 5) is 39.3. The van der Waals surface area contributed by atoms with Crippen molar-refractivity contribution in [3.05, 3.63) is 71.3 Å². The van der Waals surface area contributed by atoms with Crippen molar-refractivity contribution in [2.45, 2.75) is 58.2 Å². The maximum Gasteiger partial charge on any atom is 0.242 e. The minimum Gasteiger partial charge on any atom is -0.354 e. The van der Waals surface area contributed by atoms with Crippen molar-refractivity contribution in [3.8, 4) is 0 Å². The number of carbonyl (C=O) groups excluding carboxylic acids is 3. The Kier molecular flexibility index (Phi) is 8.73. The largest absolute Gasteiger partial charge is 0.354 e. The van der Waals surface area contributed by atoms with E-state index in [4.69, 9.17) is 0 Å². The van der Waals surface area contributed by atoms with Gasteiger partial charge in [-0.2, -0.15) is 0 Å². The SMILES string of the molecule is CC(C)C(NC(=O)C[C@@H]1CCC(=O)N1Cc1cccc(F)c1F)C(=O)NCCc1ccccc1. The van der Waals surface area contributed by atoms with Crippen molar-refractivity contribution < 1.29 is 23.2 Å². The summed E-state index contributed by atoms with van der Waals surface area (Å²) in [5.41, 5.74) is 1.17. The molecule has 1 heterocycles. The van der Waals surface area contributed by atoms with E-state index >= 15 is 0 Å². The lowest BCUT2D eigenvalue weighted by atomic mass is 10.0. The summed E-state index contributed by atoms with van der Waals surface area (Å²) in [6.45, 7) is 4.04. The van der Waals surface area contributed by atoms with Crippen LogP contribution in [0.5, 0.6) is 0 Å². The van der Waals surface area contributed by atoms with Gasteiger partial charge in [-0.3, -0.25) is 14.4 Å². The number of likely N-dealkylation sites (tertiary alicyclic amines) is 1. The van der Waals surface area contributed by atoms with Gasteiger partial charge in [0, 0.05) is 37.5 Å². The van der Waals surface area contributed by atoms with Crippen molar-refractivity contribution in [2.75, 3.05) is 6.54 Å². The quantitative estimate of drug-likeness (QED) is 0.558. The zero-order valence-corrected chi connectivity index (χ0v) is 19.5. The first-order valence-corrected chi connectivity index (χ1v) is 11.6. The Hall–Kier alpha value is -3.29. The van der Waals surface area contributed by atoms with Crippen LogP contribution in [0, 0.1) is 17.6 Å². The van der Waals surface area contributed by atoms with E-state index in [2.05, 4.69) is 10.6 Å². The molecule has 0 aliphatic carbocycles. The number of nitrogens with zero attached hydrogens (tertiary/aromatic N) is 1. The number of halogens is 2. The highest BCUT2D eigenvalue weighted by atomic mass is 19.2. The summed E-state index contributed by atoms with van der Waals surface area (Å²) in [6, 6.07) is 12.5. The number of carbonyl (C=O) groups is 3. The van der Waals surface area contributed by atoms with Crippen LogP contribution in [0.25, 0.3) is 0 Å². The predicted octanol–water partition coefficient (Wildman–Crippen LogP) is 3.35. The number of hydrogen-bond donors (Lipinski definition) is 2. The third kappa shape index (κ3) is 6.62. The van der Waals surface area contributed by atoms with Crippen LogP contribution in [0.4, 0.5) is 8.78 Å². The van der Waals surface area contributed by atoms with Crippen LogP contribution < -0.4 is 10.6 Å². The molecular formula is C26H31F2N3O3. The Labute approximate surface area is 198 Å². The molecule has 1 aliphatic rings. The van der Waals surface area contributed by atoms with Crippen LogP contribution >= 0.6 is 0 Å². The molecule has 2 N–H and O–H groups in total. The summed E-state index contributed by atoms with van der Waals surface area (Å²) < 4.78 is 27.7. The van der Waals surface area contributed by atoms with Crippen LogP contribution in [0.3, 0.4) is 0 Å². The van der Waals surface area contributed by atoms with Gasteiger partial charge in [-0.1, -0.05) is 56.3 Å². The van der Waals surface area contributed by atoms with Crippen molar-refractivity contribution in [1.82, 2.24) is 15.5 Å². The second-order valence-corrected chi connectivity index (χ2v) is 8.95. The maximum atomic E-state index is 14.1. The molecule has 0 saturated carbocycles. The fourth-order valence-corrected chi connectivity index (χ4v) is 4.14. The van der Waals surface area contributed by atoms with Gasteiger partial charge < -0.3 is 15.5 Å². The lowest BCUT2D eigenvalue weighted by Crippen LogP contribution is -2.51. The van der Waals surface area contributed by atoms with Crippen LogP contribution in [0.2, 0.25) is 0 Å². The minimum atomic E-state index is -0.988. The fourth-order valence-electron chi connectivity index (χ4n) is 4.14. The van der Waals surface area contributed by atoms with Gasteiger partial charge in [0.1, 0.15) is 6.04 Å². The molecule has 2 atom stereocenters. The van der Waals surface area contributed by atoms with Gasteiger partial charge in [-0.05, 0) is 30.4 Å². The van der Waals surface area contributed by atoms with E-state index in [1.165, 1.54) is 17.0 Å². The van der Waals surface area contributed by atoms with E-state index in [0.29, 0.717) is 19.4 Å². The van der Waals surface area contributed by atoms with Gasteiger partial charge in [0.05, 0.1) is 0 Å². The van der Waals surface area contributed by atoms with Crippen molar-refractivity contribution >= 4 is 17.7 Å². The Morgan fingerprint density at radius 2 is 1.82 bits per heavy atom. The molecule has 0 bridgehead atoms. The molecule has 0 radical (unpaired) electrons. The molecular weight excluding hydrogens is 440 g/mol. The normalized spacial score (nSPS) is 16.6. The molecule has 182 valence electrons. The first-order chi connectivity index (χ1) is 16.3. The van der Waals surface area contributed by atoms with Crippen LogP contribution in [-0.2, 0) is 27.3 Å². The topological polar surface area (TPSA) is 78.5 Å². The van der Waals surface area contributed by atoms with E-state index in [0.717, 1.165) is 11.6 Å². The second-order valence-electron chi connectivity index (χ2n) is 8.95. The van der Waals surface area contributed by atoms with Crippen LogP contribution in [0.1, 0.15) is 44.2 Å². The number of nitrogens with one attached hydrogen (secondary N) is 2. The number of hydrogen-bond acceptors (Lipinski definition) is 3. The summed E-state index contributed by atoms with van der Waals surface area (Å²) in [6.07, 6.45) is 1.35. The molecule has 6 nitrogen and oxygen atoms in total. The Balaban J connectivity index is 1.56. The average Bonchev–Trinajstić information content (AvgIpc) is 3.14. The van der Waals surface area contributed by atoms with Crippen LogP contribution in [0.15, 0.2) is 48.5 Å². The molecule has 1 fully saturated rings. The molecule has 0 aromatic heterocycles. The highest BCUT2D eigenvalue weighted by Gasteiger charge is 2.34. The maximum absolute atomic E-state index is 14.1. The number of benzene rings is 2. The Morgan fingerprint density at radius 3 is 2.53 bits per heavy atom. The molecule has 1 aliphatic heterocycles. The van der Waals surface area contributed by atoms with E-state index in [-0.39, 0.29) is 48.6 Å². The molecule has 3 amide bonds. The van der Waals surface area contributed by atoms with Gasteiger partial charge in [0.25, 0.3) is 0 Å². The van der Waals surface area contributed by atoms with Gasteiger partial charge in [0.2, 0.25) is 17.7 Å². The summed E-state index contributed by atoms with van der Waals surface area (Å²) in [5.74, 6) is -2.93. The van der Waals surface area contributed by atoms with E-state index < -0.39 is 23.7 Å². The second kappa shape index (κ2) is 11.7. The summed E-state index contributed by atoms with van der Waals surface area (Å²) >= 11 is 0. The van der Waals surface area contributed by atoms with Crippen LogP contribution in [-0.4, -0.2) is 41.2 Å². The van der Waals surface area contributed by atoms with E-state index in [9.17, 15) is 23.2 Å². The summed E-state index contributed by atoms with van der Waals surface area (Å²) in [5, 5.41) is 5.66. The molecule has 2 aromatic carbocycles. The third-order valence-corrected chi connectivity index (χ3v) is 6.07. The Morgan fingerprint density at radius 1 is 1.09 bits per heavy atom. The lowest BCUT2D eigenvalue weighted by Gasteiger charge is -2.27. The first-order valence-electron chi connectivity index (χ1n) is 11.6. The monoisotopic (exact) mass is 471 g/mol. The third-order valence-electron chi connectivity index (χ3n) is 6.07. The highest BCUT2D eigenvalue weighted by molar-refractivity contribution is 5.88. The molecule has 2 aromatic rings.